The number of imide groups is 2. The molecule has 1 fully saturated rings. The van der Waals surface area contributed by atoms with E-state index in [0.717, 1.165) is 0 Å². The highest BCUT2D eigenvalue weighted by atomic mass is 16.2. The van der Waals surface area contributed by atoms with Crippen LogP contribution in [0.2, 0.25) is 2.82 Å². The first-order chi connectivity index (χ1) is 5.04. The molecule has 0 aromatic heterocycles. The first kappa shape index (κ1) is 3.60. The van der Waals surface area contributed by atoms with Crippen LogP contribution >= 0.6 is 0 Å². The summed E-state index contributed by atoms with van der Waals surface area (Å²) in [7, 11) is 0. The topological polar surface area (TPSA) is 75.3 Å². The zero-order chi connectivity index (χ0) is 8.59. The van der Waals surface area contributed by atoms with Crippen molar-refractivity contribution >= 4 is 17.8 Å². The number of amides is 4. The molecule has 0 aliphatic carbocycles. The summed E-state index contributed by atoms with van der Waals surface area (Å²) in [5.41, 5.74) is 0. The molecule has 1 rings (SSSR count). The van der Waals surface area contributed by atoms with Crippen molar-refractivity contribution in [2.45, 2.75) is 6.42 Å². The van der Waals surface area contributed by atoms with Gasteiger partial charge in [0.05, 0.1) is 0 Å². The Morgan fingerprint density at radius 3 is 2.11 bits per heavy atom. The van der Waals surface area contributed by atoms with E-state index in [4.69, 9.17) is 2.82 Å². The van der Waals surface area contributed by atoms with E-state index in [1.807, 2.05) is 0 Å². The molecule has 0 saturated carbocycles. The molecule has 9 heavy (non-hydrogen) atoms. The molecular weight excluding hydrogens is 124 g/mol. The first-order valence-corrected chi connectivity index (χ1v) is 2.21. The van der Waals surface area contributed by atoms with Gasteiger partial charge in [-0.2, -0.15) is 0 Å². The Kier molecular flexibility index (Phi) is 0.739. The third-order valence-corrected chi connectivity index (χ3v) is 0.743. The third-order valence-electron chi connectivity index (χ3n) is 0.743. The summed E-state index contributed by atoms with van der Waals surface area (Å²) in [4.78, 5) is 31.7. The second-order valence-electron chi connectivity index (χ2n) is 1.47. The summed E-state index contributed by atoms with van der Waals surface area (Å²) < 4.78 is 13.4. The summed E-state index contributed by atoms with van der Waals surface area (Å²) in [5, 5.41) is -0.0111. The van der Waals surface area contributed by atoms with Crippen LogP contribution in [0.15, 0.2) is 0 Å². The molecular formula is C4H4N2O3. The second-order valence-corrected chi connectivity index (χ2v) is 1.47. The van der Waals surface area contributed by atoms with Gasteiger partial charge in [0.1, 0.15) is 6.42 Å². The highest BCUT2D eigenvalue weighted by Gasteiger charge is 2.20. The van der Waals surface area contributed by atoms with E-state index in [1.165, 1.54) is 0 Å². The molecule has 0 aromatic rings. The maximum absolute atomic E-state index is 10.6. The molecule has 0 radical (unpaired) electrons. The van der Waals surface area contributed by atoms with Crippen LogP contribution in [0.3, 0.4) is 0 Å². The molecule has 5 nitrogen and oxygen atoms in total. The fraction of sp³-hybridized carbons (Fsp3) is 0.250. The summed E-state index contributed by atoms with van der Waals surface area (Å²) >= 11 is 0. The van der Waals surface area contributed by atoms with Gasteiger partial charge < -0.3 is 0 Å². The summed E-state index contributed by atoms with van der Waals surface area (Å²) in [6, 6.07) is -1.23. The van der Waals surface area contributed by atoms with Gasteiger partial charge in [0.2, 0.25) is 11.8 Å². The largest absolute Gasteiger partial charge is 0.328 e. The molecule has 0 bridgehead atoms. The molecule has 1 heterocycles. The van der Waals surface area contributed by atoms with Crippen LogP contribution in [0.4, 0.5) is 4.79 Å². The van der Waals surface area contributed by atoms with E-state index in [9.17, 15) is 14.4 Å². The van der Waals surface area contributed by atoms with Crippen molar-refractivity contribution in [1.82, 2.24) is 10.6 Å². The van der Waals surface area contributed by atoms with E-state index in [1.54, 1.807) is 0 Å². The lowest BCUT2D eigenvalue weighted by atomic mass is 10.3. The molecule has 1 aliphatic heterocycles. The van der Waals surface area contributed by atoms with Crippen LogP contribution in [0.1, 0.15) is 6.42 Å². The molecule has 1 saturated heterocycles. The van der Waals surface area contributed by atoms with Crippen LogP contribution in [0, 0.1) is 0 Å². The smallest absolute Gasteiger partial charge is 0.277 e. The average molecular weight is 132 g/mol. The highest BCUT2D eigenvalue weighted by Crippen LogP contribution is 1.85. The monoisotopic (exact) mass is 132 g/mol. The van der Waals surface area contributed by atoms with Crippen LogP contribution in [-0.4, -0.2) is 17.8 Å². The van der Waals surface area contributed by atoms with Crippen LogP contribution < -0.4 is 10.6 Å². The Morgan fingerprint density at radius 1 is 1.22 bits per heavy atom. The summed E-state index contributed by atoms with van der Waals surface area (Å²) in [5.74, 6) is -1.80. The Morgan fingerprint density at radius 2 is 1.67 bits per heavy atom. The zero-order valence-corrected chi connectivity index (χ0v) is 4.33. The van der Waals surface area contributed by atoms with Gasteiger partial charge in [-0.15, -0.1) is 0 Å². The van der Waals surface area contributed by atoms with E-state index < -0.39 is 24.3 Å². The number of hydrogen-bond donors (Lipinski definition) is 2. The second kappa shape index (κ2) is 1.85. The summed E-state index contributed by atoms with van der Waals surface area (Å²) in [6.45, 7) is 0. The van der Waals surface area contributed by atoms with Crippen molar-refractivity contribution < 1.29 is 17.2 Å². The zero-order valence-electron chi connectivity index (χ0n) is 6.33. The van der Waals surface area contributed by atoms with Gasteiger partial charge in [-0.25, -0.2) is 4.79 Å². The highest BCUT2D eigenvalue weighted by molar-refractivity contribution is 6.14. The fourth-order valence-corrected chi connectivity index (χ4v) is 0.447. The molecule has 0 unspecified atom stereocenters. The lowest BCUT2D eigenvalue weighted by Crippen LogP contribution is -2.49. The molecule has 0 spiro atoms. The standard InChI is InChI=1S/C4H4N2O3/c7-2-1-3(8)6-4(9)5-2/h1H2,(H2,5,6,7,8,9)/i/hT2. The van der Waals surface area contributed by atoms with Crippen LogP contribution in [0.5, 0.6) is 0 Å². The van der Waals surface area contributed by atoms with E-state index in [0.29, 0.717) is 0 Å². The fourth-order valence-electron chi connectivity index (χ4n) is 0.447. The lowest BCUT2D eigenvalue weighted by molar-refractivity contribution is -0.129. The Bertz CT molecular complexity index is 219. The minimum absolute atomic E-state index is 0.00556. The van der Waals surface area contributed by atoms with Crippen molar-refractivity contribution in [3.05, 3.63) is 0 Å². The van der Waals surface area contributed by atoms with Gasteiger partial charge in [-0.3, -0.25) is 20.2 Å². The SMILES string of the molecule is [3H]N1C(=O)CC(=O)N([3H])C1=O. The number of carbonyl (C=O) groups excluding carboxylic acids is 3. The van der Waals surface area contributed by atoms with Gasteiger partial charge in [-0.1, -0.05) is 0 Å². The molecule has 5 heteroatoms. The predicted octanol–water partition coefficient (Wildman–Crippen LogP) is -1.26. The van der Waals surface area contributed by atoms with Crippen molar-refractivity contribution in [3.63, 3.8) is 0 Å². The molecule has 0 aromatic carbocycles. The van der Waals surface area contributed by atoms with E-state index in [-0.39, 0.29) is 10.6 Å². The van der Waals surface area contributed by atoms with Gasteiger partial charge in [0, 0.05) is 0 Å². The Labute approximate surface area is 53.3 Å². The minimum atomic E-state index is -1.23. The molecule has 48 valence electrons. The number of urea groups is 1. The number of rotatable bonds is 0. The van der Waals surface area contributed by atoms with E-state index in [2.05, 4.69) is 0 Å². The third kappa shape index (κ3) is 1.25. The van der Waals surface area contributed by atoms with Crippen LogP contribution in [0.25, 0.3) is 0 Å². The van der Waals surface area contributed by atoms with Crippen molar-refractivity contribution in [1.29, 1.82) is 0 Å². The number of barbiturate groups is 1. The minimum Gasteiger partial charge on any atom is -0.277 e. The number of hydrogen-bond acceptors (Lipinski definition) is 3. The quantitative estimate of drug-likeness (QED) is 0.404. The van der Waals surface area contributed by atoms with Gasteiger partial charge >= 0.3 is 6.03 Å². The Hall–Kier alpha value is -1.39. The number of carbonyl (C=O) groups is 3. The first-order valence-electron chi connectivity index (χ1n) is 3.11. The van der Waals surface area contributed by atoms with Gasteiger partial charge in [0.25, 0.3) is 0 Å². The molecule has 1 aliphatic rings. The number of nitrogens with one attached hydrogen (secondary N) is 2. The lowest BCUT2D eigenvalue weighted by Gasteiger charge is -2.09. The van der Waals surface area contributed by atoms with Crippen LogP contribution in [-0.2, 0) is 9.59 Å². The molecule has 0 atom stereocenters. The normalized spacial score (nSPS) is 24.2. The van der Waals surface area contributed by atoms with Gasteiger partial charge in [-0.05, 0) is 0 Å². The van der Waals surface area contributed by atoms with E-state index >= 15 is 0 Å². The van der Waals surface area contributed by atoms with Crippen molar-refractivity contribution in [3.8, 4) is 0 Å². The van der Waals surface area contributed by atoms with Crippen molar-refractivity contribution in [2.75, 3.05) is 0 Å². The maximum atomic E-state index is 10.6. The van der Waals surface area contributed by atoms with Crippen molar-refractivity contribution in [2.24, 2.45) is 0 Å². The predicted molar refractivity (Wildman–Crippen MR) is 26.3 cm³/mol. The maximum Gasteiger partial charge on any atom is 0.328 e. The Balaban J connectivity index is 2.87. The molecule has 2 N–H and O–H groups in total. The molecule has 4 amide bonds. The average Bonchev–Trinajstić information content (AvgIpc) is 1.97. The van der Waals surface area contributed by atoms with Gasteiger partial charge in [0.15, 0.2) is 2.82 Å². The summed E-state index contributed by atoms with van der Waals surface area (Å²) in [6.07, 6.45) is -0.585.